The maximum absolute atomic E-state index is 12.1. The van der Waals surface area contributed by atoms with Gasteiger partial charge in [-0.1, -0.05) is 0 Å². The van der Waals surface area contributed by atoms with E-state index in [-0.39, 0.29) is 29.3 Å². The first kappa shape index (κ1) is 18.4. The SMILES string of the molecule is CCOc1ccc(S(=O)(=O)NCCC(=O)NC(C)(C)C)cc1. The topological polar surface area (TPSA) is 84.5 Å². The van der Waals surface area contributed by atoms with Crippen LogP contribution in [0.2, 0.25) is 0 Å². The molecule has 0 spiro atoms. The summed E-state index contributed by atoms with van der Waals surface area (Å²) in [5.41, 5.74) is -0.328. The molecule has 0 bridgehead atoms. The molecule has 0 fully saturated rings. The number of nitrogens with one attached hydrogen (secondary N) is 2. The zero-order chi connectivity index (χ0) is 16.8. The van der Waals surface area contributed by atoms with Crippen molar-refractivity contribution in [1.82, 2.24) is 10.0 Å². The minimum atomic E-state index is -3.62. The molecule has 124 valence electrons. The summed E-state index contributed by atoms with van der Waals surface area (Å²) in [6.07, 6.45) is 0.0908. The molecule has 6 nitrogen and oxygen atoms in total. The minimum absolute atomic E-state index is 0.0530. The number of hydrogen-bond donors (Lipinski definition) is 2. The molecular formula is C15H24N2O4S. The van der Waals surface area contributed by atoms with Gasteiger partial charge in [0.05, 0.1) is 11.5 Å². The minimum Gasteiger partial charge on any atom is -0.494 e. The average molecular weight is 328 g/mol. The molecule has 0 aliphatic rings. The van der Waals surface area contributed by atoms with E-state index in [1.165, 1.54) is 12.1 Å². The highest BCUT2D eigenvalue weighted by Crippen LogP contribution is 2.15. The summed E-state index contributed by atoms with van der Waals surface area (Å²) in [7, 11) is -3.62. The predicted octanol–water partition coefficient (Wildman–Crippen LogP) is 1.67. The number of benzene rings is 1. The molecule has 0 radical (unpaired) electrons. The van der Waals surface area contributed by atoms with E-state index in [9.17, 15) is 13.2 Å². The van der Waals surface area contributed by atoms with Crippen molar-refractivity contribution in [2.45, 2.75) is 44.6 Å². The van der Waals surface area contributed by atoms with Crippen LogP contribution in [0.4, 0.5) is 0 Å². The van der Waals surface area contributed by atoms with Crippen LogP contribution in [0.5, 0.6) is 5.75 Å². The van der Waals surface area contributed by atoms with Crippen LogP contribution in [0, 0.1) is 0 Å². The van der Waals surface area contributed by atoms with Gasteiger partial charge >= 0.3 is 0 Å². The van der Waals surface area contributed by atoms with Crippen LogP contribution in [0.3, 0.4) is 0 Å². The van der Waals surface area contributed by atoms with Crippen molar-refractivity contribution in [2.75, 3.05) is 13.2 Å². The van der Waals surface area contributed by atoms with Crippen molar-refractivity contribution in [2.24, 2.45) is 0 Å². The molecule has 2 N–H and O–H groups in total. The molecule has 1 aromatic rings. The fourth-order valence-corrected chi connectivity index (χ4v) is 2.78. The molecule has 0 atom stereocenters. The van der Waals surface area contributed by atoms with Crippen LogP contribution >= 0.6 is 0 Å². The zero-order valence-electron chi connectivity index (χ0n) is 13.5. The van der Waals surface area contributed by atoms with Gasteiger partial charge in [0.15, 0.2) is 0 Å². The van der Waals surface area contributed by atoms with Crippen LogP contribution in [-0.2, 0) is 14.8 Å². The number of carbonyl (C=O) groups excluding carboxylic acids is 1. The van der Waals surface area contributed by atoms with Crippen LogP contribution in [0.25, 0.3) is 0 Å². The molecule has 7 heteroatoms. The Morgan fingerprint density at radius 3 is 2.27 bits per heavy atom. The van der Waals surface area contributed by atoms with Crippen LogP contribution < -0.4 is 14.8 Å². The lowest BCUT2D eigenvalue weighted by atomic mass is 10.1. The first-order chi connectivity index (χ1) is 10.1. The van der Waals surface area contributed by atoms with Crippen LogP contribution in [-0.4, -0.2) is 33.0 Å². The molecule has 0 heterocycles. The Hall–Kier alpha value is -1.60. The number of amides is 1. The quantitative estimate of drug-likeness (QED) is 0.797. The fraction of sp³-hybridized carbons (Fsp3) is 0.533. The highest BCUT2D eigenvalue weighted by Gasteiger charge is 2.16. The van der Waals surface area contributed by atoms with Gasteiger partial charge < -0.3 is 10.1 Å². The van der Waals surface area contributed by atoms with E-state index in [2.05, 4.69) is 10.0 Å². The molecule has 0 unspecified atom stereocenters. The lowest BCUT2D eigenvalue weighted by Gasteiger charge is -2.20. The largest absolute Gasteiger partial charge is 0.494 e. The van der Waals surface area contributed by atoms with Gasteiger partial charge in [0.25, 0.3) is 0 Å². The summed E-state index contributed by atoms with van der Waals surface area (Å²) in [5.74, 6) is 0.424. The number of sulfonamides is 1. The molecule has 0 aliphatic carbocycles. The predicted molar refractivity (Wildman–Crippen MR) is 85.3 cm³/mol. The smallest absolute Gasteiger partial charge is 0.240 e. The maximum Gasteiger partial charge on any atom is 0.240 e. The molecule has 0 aliphatic heterocycles. The number of rotatable bonds is 7. The third-order valence-corrected chi connectivity index (χ3v) is 4.08. The second-order valence-electron chi connectivity index (χ2n) is 5.85. The van der Waals surface area contributed by atoms with Gasteiger partial charge in [0, 0.05) is 18.5 Å². The van der Waals surface area contributed by atoms with Crippen molar-refractivity contribution >= 4 is 15.9 Å². The highest BCUT2D eigenvalue weighted by atomic mass is 32.2. The van der Waals surface area contributed by atoms with Gasteiger partial charge in [-0.2, -0.15) is 0 Å². The lowest BCUT2D eigenvalue weighted by molar-refractivity contribution is -0.122. The summed E-state index contributed by atoms with van der Waals surface area (Å²) >= 11 is 0. The Bertz CT molecular complexity index is 589. The number of carbonyl (C=O) groups is 1. The van der Waals surface area contributed by atoms with E-state index in [1.807, 2.05) is 27.7 Å². The molecule has 0 saturated carbocycles. The molecule has 0 saturated heterocycles. The van der Waals surface area contributed by atoms with E-state index < -0.39 is 10.0 Å². The number of ether oxygens (including phenoxy) is 1. The van der Waals surface area contributed by atoms with Crippen molar-refractivity contribution in [1.29, 1.82) is 0 Å². The summed E-state index contributed by atoms with van der Waals surface area (Å²) in [6, 6.07) is 6.15. The van der Waals surface area contributed by atoms with Gasteiger partial charge in [-0.15, -0.1) is 0 Å². The molecular weight excluding hydrogens is 304 g/mol. The van der Waals surface area contributed by atoms with E-state index in [0.29, 0.717) is 12.4 Å². The van der Waals surface area contributed by atoms with Crippen molar-refractivity contribution in [3.05, 3.63) is 24.3 Å². The molecule has 1 amide bonds. The van der Waals surface area contributed by atoms with Gasteiger partial charge in [-0.3, -0.25) is 4.79 Å². The van der Waals surface area contributed by atoms with E-state index in [0.717, 1.165) is 0 Å². The summed E-state index contributed by atoms with van der Waals surface area (Å²) in [6.45, 7) is 8.04. The Morgan fingerprint density at radius 1 is 1.18 bits per heavy atom. The molecule has 0 aromatic heterocycles. The second-order valence-corrected chi connectivity index (χ2v) is 7.62. The average Bonchev–Trinajstić information content (AvgIpc) is 2.37. The number of hydrogen-bond acceptors (Lipinski definition) is 4. The second kappa shape index (κ2) is 7.60. The Balaban J connectivity index is 2.55. The van der Waals surface area contributed by atoms with Crippen LogP contribution in [0.15, 0.2) is 29.2 Å². The monoisotopic (exact) mass is 328 g/mol. The molecule has 1 rings (SSSR count). The Morgan fingerprint density at radius 2 is 1.77 bits per heavy atom. The highest BCUT2D eigenvalue weighted by molar-refractivity contribution is 7.89. The lowest BCUT2D eigenvalue weighted by Crippen LogP contribution is -2.41. The standard InChI is InChI=1S/C15H24N2O4S/c1-5-21-12-6-8-13(9-7-12)22(19,20)16-11-10-14(18)17-15(2,3)4/h6-9,16H,5,10-11H2,1-4H3,(H,17,18). The van der Waals surface area contributed by atoms with E-state index in [4.69, 9.17) is 4.74 Å². The van der Waals surface area contributed by atoms with Gasteiger partial charge in [0.2, 0.25) is 15.9 Å². The van der Waals surface area contributed by atoms with Crippen molar-refractivity contribution in [3.8, 4) is 5.75 Å². The first-order valence-corrected chi connectivity index (χ1v) is 8.66. The molecule has 22 heavy (non-hydrogen) atoms. The maximum atomic E-state index is 12.1. The Labute approximate surface area is 132 Å². The van der Waals surface area contributed by atoms with Crippen LogP contribution in [0.1, 0.15) is 34.1 Å². The summed E-state index contributed by atoms with van der Waals surface area (Å²) in [4.78, 5) is 11.8. The van der Waals surface area contributed by atoms with Gasteiger partial charge in [-0.05, 0) is 52.0 Å². The van der Waals surface area contributed by atoms with Gasteiger partial charge in [0.1, 0.15) is 5.75 Å². The third kappa shape index (κ3) is 6.44. The van der Waals surface area contributed by atoms with Gasteiger partial charge in [-0.25, -0.2) is 13.1 Å². The molecule has 1 aromatic carbocycles. The summed E-state index contributed by atoms with van der Waals surface area (Å²) < 4.78 is 31.8. The fourth-order valence-electron chi connectivity index (χ4n) is 1.74. The summed E-state index contributed by atoms with van der Waals surface area (Å²) in [5, 5.41) is 2.78. The first-order valence-electron chi connectivity index (χ1n) is 7.17. The van der Waals surface area contributed by atoms with E-state index in [1.54, 1.807) is 12.1 Å². The van der Waals surface area contributed by atoms with Crippen molar-refractivity contribution in [3.63, 3.8) is 0 Å². The third-order valence-electron chi connectivity index (χ3n) is 2.60. The van der Waals surface area contributed by atoms with E-state index >= 15 is 0 Å². The zero-order valence-corrected chi connectivity index (χ0v) is 14.3. The van der Waals surface area contributed by atoms with Crippen molar-refractivity contribution < 1.29 is 17.9 Å². The Kier molecular flexibility index (Phi) is 6.37. The normalized spacial score (nSPS) is 12.0.